The summed E-state index contributed by atoms with van der Waals surface area (Å²) in [6, 6.07) is 8.03. The van der Waals surface area contributed by atoms with E-state index >= 15 is 0 Å². The second-order valence-electron chi connectivity index (χ2n) is 5.60. The zero-order chi connectivity index (χ0) is 15.5. The highest BCUT2D eigenvalue weighted by Gasteiger charge is 2.09. The summed E-state index contributed by atoms with van der Waals surface area (Å²) in [7, 11) is 0. The van der Waals surface area contributed by atoms with E-state index in [1.54, 1.807) is 0 Å². The number of nitrogens with zero attached hydrogens (tertiary/aromatic N) is 1. The van der Waals surface area contributed by atoms with Crippen LogP contribution in [0, 0.1) is 0 Å². The molecule has 0 aromatic heterocycles. The minimum atomic E-state index is 0.785. The average molecular weight is 326 g/mol. The molecule has 0 aliphatic heterocycles. The van der Waals surface area contributed by atoms with Crippen LogP contribution < -0.4 is 0 Å². The summed E-state index contributed by atoms with van der Waals surface area (Å²) in [4.78, 5) is 3.49. The highest BCUT2D eigenvalue weighted by Crippen LogP contribution is 2.12. The van der Waals surface area contributed by atoms with E-state index in [1.807, 2.05) is 12.1 Å². The third-order valence-electron chi connectivity index (χ3n) is 3.68. The van der Waals surface area contributed by atoms with Crippen LogP contribution in [0.1, 0.15) is 57.9 Å². The third-order valence-corrected chi connectivity index (χ3v) is 4.34. The van der Waals surface area contributed by atoms with Crippen molar-refractivity contribution in [1.29, 1.82) is 0 Å². The Labute approximate surface area is 140 Å². The molecule has 0 aliphatic carbocycles. The molecule has 0 aliphatic rings. The van der Waals surface area contributed by atoms with Gasteiger partial charge in [-0.15, -0.1) is 0 Å². The minimum Gasteiger partial charge on any atom is -0.366 e. The lowest BCUT2D eigenvalue weighted by atomic mass is 10.1. The molecule has 0 spiro atoms. The van der Waals surface area contributed by atoms with Crippen LogP contribution in [0.2, 0.25) is 5.02 Å². The summed E-state index contributed by atoms with van der Waals surface area (Å²) in [5.74, 6) is 0. The largest absolute Gasteiger partial charge is 0.366 e. The summed E-state index contributed by atoms with van der Waals surface area (Å²) < 4.78 is 0. The summed E-state index contributed by atoms with van der Waals surface area (Å²) in [6.45, 7) is 6.69. The van der Waals surface area contributed by atoms with Crippen molar-refractivity contribution in [1.82, 2.24) is 4.90 Å². The molecule has 0 atom stereocenters. The van der Waals surface area contributed by atoms with Crippen LogP contribution in [0.5, 0.6) is 0 Å². The number of rotatable bonds is 10. The molecule has 21 heavy (non-hydrogen) atoms. The predicted molar refractivity (Wildman–Crippen MR) is 98.4 cm³/mol. The quantitative estimate of drug-likeness (QED) is 0.389. The number of thiocarbonyl (C=S) groups is 1. The Kier molecular flexibility index (Phi) is 9.69. The van der Waals surface area contributed by atoms with Crippen molar-refractivity contribution in [2.24, 2.45) is 0 Å². The highest BCUT2D eigenvalue weighted by molar-refractivity contribution is 7.80. The van der Waals surface area contributed by atoms with Gasteiger partial charge < -0.3 is 4.90 Å². The van der Waals surface area contributed by atoms with Crippen LogP contribution in [0.3, 0.4) is 0 Å². The van der Waals surface area contributed by atoms with E-state index in [4.69, 9.17) is 23.8 Å². The van der Waals surface area contributed by atoms with Gasteiger partial charge in [0.15, 0.2) is 0 Å². The fourth-order valence-corrected chi connectivity index (χ4v) is 2.83. The molecule has 0 bridgehead atoms. The molecular formula is C18H28ClNS. The standard InChI is InChI=1S/C18H28ClNS/c1-3-5-7-13-20(14-8-6-4-2)18(21)15-16-9-11-17(19)12-10-16/h9-12H,3-8,13-15H2,1-2H3. The van der Waals surface area contributed by atoms with Crippen molar-refractivity contribution < 1.29 is 0 Å². The van der Waals surface area contributed by atoms with Gasteiger partial charge in [-0.2, -0.15) is 0 Å². The van der Waals surface area contributed by atoms with E-state index in [-0.39, 0.29) is 0 Å². The fraction of sp³-hybridized carbons (Fsp3) is 0.611. The van der Waals surface area contributed by atoms with Gasteiger partial charge in [0, 0.05) is 24.5 Å². The number of hydrogen-bond acceptors (Lipinski definition) is 1. The lowest BCUT2D eigenvalue weighted by Crippen LogP contribution is -2.32. The van der Waals surface area contributed by atoms with Crippen LogP contribution in [0.25, 0.3) is 0 Å². The Morgan fingerprint density at radius 2 is 1.48 bits per heavy atom. The van der Waals surface area contributed by atoms with Crippen LogP contribution in [-0.4, -0.2) is 23.0 Å². The second kappa shape index (κ2) is 11.0. The van der Waals surface area contributed by atoms with Gasteiger partial charge in [0.2, 0.25) is 0 Å². The SMILES string of the molecule is CCCCCN(CCCCC)C(=S)Cc1ccc(Cl)cc1. The molecule has 118 valence electrons. The highest BCUT2D eigenvalue weighted by atomic mass is 35.5. The molecule has 0 radical (unpaired) electrons. The van der Waals surface area contributed by atoms with Crippen molar-refractivity contribution >= 4 is 28.8 Å². The molecule has 0 saturated carbocycles. The predicted octanol–water partition coefficient (Wildman–Crippen LogP) is 5.89. The molecule has 1 nitrogen and oxygen atoms in total. The summed E-state index contributed by atoms with van der Waals surface area (Å²) in [5, 5.41) is 0.785. The maximum Gasteiger partial charge on any atom is 0.0823 e. The lowest BCUT2D eigenvalue weighted by molar-refractivity contribution is 0.391. The van der Waals surface area contributed by atoms with Gasteiger partial charge in [0.05, 0.1) is 4.99 Å². The van der Waals surface area contributed by atoms with E-state index < -0.39 is 0 Å². The zero-order valence-corrected chi connectivity index (χ0v) is 15.0. The van der Waals surface area contributed by atoms with Crippen molar-refractivity contribution in [2.45, 2.75) is 58.8 Å². The smallest absolute Gasteiger partial charge is 0.0823 e. The molecule has 0 amide bonds. The molecule has 0 N–H and O–H groups in total. The van der Waals surface area contributed by atoms with Crippen LogP contribution >= 0.6 is 23.8 Å². The molecule has 3 heteroatoms. The van der Waals surface area contributed by atoms with Crippen LogP contribution in [0.4, 0.5) is 0 Å². The number of halogens is 1. The Hall–Kier alpha value is -0.600. The van der Waals surface area contributed by atoms with Gasteiger partial charge in [-0.05, 0) is 30.5 Å². The normalized spacial score (nSPS) is 10.6. The molecule has 1 rings (SSSR count). The Balaban J connectivity index is 2.53. The fourth-order valence-electron chi connectivity index (χ4n) is 2.36. The molecule has 0 saturated heterocycles. The maximum absolute atomic E-state index is 5.94. The maximum atomic E-state index is 5.94. The average Bonchev–Trinajstić information content (AvgIpc) is 2.48. The van der Waals surface area contributed by atoms with Crippen molar-refractivity contribution in [3.63, 3.8) is 0 Å². The molecule has 0 unspecified atom stereocenters. The molecular weight excluding hydrogens is 298 g/mol. The monoisotopic (exact) mass is 325 g/mol. The topological polar surface area (TPSA) is 3.24 Å². The molecule has 0 heterocycles. The number of unbranched alkanes of at least 4 members (excludes halogenated alkanes) is 4. The third kappa shape index (κ3) is 7.82. The zero-order valence-electron chi connectivity index (χ0n) is 13.4. The Bertz CT molecular complexity index is 392. The number of hydrogen-bond donors (Lipinski definition) is 0. The Morgan fingerprint density at radius 3 is 1.95 bits per heavy atom. The van der Waals surface area contributed by atoms with Gasteiger partial charge >= 0.3 is 0 Å². The minimum absolute atomic E-state index is 0.785. The van der Waals surface area contributed by atoms with E-state index in [1.165, 1.54) is 44.1 Å². The summed E-state index contributed by atoms with van der Waals surface area (Å²) in [5.41, 5.74) is 1.25. The van der Waals surface area contributed by atoms with Gasteiger partial charge in [-0.1, -0.05) is 75.5 Å². The first-order valence-corrected chi connectivity index (χ1v) is 8.98. The number of benzene rings is 1. The van der Waals surface area contributed by atoms with E-state index in [0.29, 0.717) is 0 Å². The van der Waals surface area contributed by atoms with Gasteiger partial charge in [0.1, 0.15) is 0 Å². The first-order valence-electron chi connectivity index (χ1n) is 8.19. The van der Waals surface area contributed by atoms with Crippen molar-refractivity contribution in [3.8, 4) is 0 Å². The molecule has 0 fully saturated rings. The Morgan fingerprint density at radius 1 is 0.952 bits per heavy atom. The lowest BCUT2D eigenvalue weighted by Gasteiger charge is -2.25. The first-order chi connectivity index (χ1) is 10.2. The first kappa shape index (κ1) is 18.4. The van der Waals surface area contributed by atoms with E-state index in [9.17, 15) is 0 Å². The van der Waals surface area contributed by atoms with Gasteiger partial charge in [0.25, 0.3) is 0 Å². The van der Waals surface area contributed by atoms with Crippen LogP contribution in [-0.2, 0) is 6.42 Å². The van der Waals surface area contributed by atoms with Crippen molar-refractivity contribution in [3.05, 3.63) is 34.9 Å². The molecule has 1 aromatic carbocycles. The second-order valence-corrected chi connectivity index (χ2v) is 6.51. The van der Waals surface area contributed by atoms with Gasteiger partial charge in [-0.25, -0.2) is 0 Å². The van der Waals surface area contributed by atoms with Gasteiger partial charge in [-0.3, -0.25) is 0 Å². The van der Waals surface area contributed by atoms with E-state index in [0.717, 1.165) is 29.5 Å². The molecule has 1 aromatic rings. The van der Waals surface area contributed by atoms with Crippen LogP contribution in [0.15, 0.2) is 24.3 Å². The van der Waals surface area contributed by atoms with E-state index in [2.05, 4.69) is 30.9 Å². The van der Waals surface area contributed by atoms with Crippen molar-refractivity contribution in [2.75, 3.05) is 13.1 Å². The summed E-state index contributed by atoms with van der Waals surface area (Å²) >= 11 is 11.6. The summed E-state index contributed by atoms with van der Waals surface area (Å²) in [6.07, 6.45) is 8.42.